The second-order valence-corrected chi connectivity index (χ2v) is 6.31. The van der Waals surface area contributed by atoms with Gasteiger partial charge in [0.2, 0.25) is 15.9 Å². The van der Waals surface area contributed by atoms with Crippen LogP contribution in [0.15, 0.2) is 18.2 Å². The first-order valence-electron chi connectivity index (χ1n) is 5.31. The summed E-state index contributed by atoms with van der Waals surface area (Å²) in [4.78, 5) is 10.9. The van der Waals surface area contributed by atoms with Crippen LogP contribution in [0.5, 0.6) is 0 Å². The molecule has 0 saturated carbocycles. The largest absolute Gasteiger partial charge is 0.324 e. The Morgan fingerprint density at radius 3 is 2.44 bits per heavy atom. The number of benzene rings is 1. The Bertz CT molecular complexity index is 555. The van der Waals surface area contributed by atoms with E-state index in [-0.39, 0.29) is 11.4 Å². The summed E-state index contributed by atoms with van der Waals surface area (Å²) in [6.07, 6.45) is 0. The molecule has 0 atom stereocenters. The van der Waals surface area contributed by atoms with Crippen molar-refractivity contribution in [3.8, 4) is 0 Å². The van der Waals surface area contributed by atoms with Crippen molar-refractivity contribution >= 4 is 27.3 Å². The van der Waals surface area contributed by atoms with E-state index >= 15 is 0 Å². The average Bonchev–Trinajstić information content (AvgIpc) is 2.21. The monoisotopic (exact) mass is 274 g/mol. The molecule has 1 rings (SSSR count). The summed E-state index contributed by atoms with van der Waals surface area (Å²) in [5.74, 6) is -1.06. The van der Waals surface area contributed by atoms with E-state index in [1.165, 1.54) is 32.9 Å². The molecular formula is C11H15FN2O3S. The fourth-order valence-electron chi connectivity index (χ4n) is 1.16. The van der Waals surface area contributed by atoms with E-state index in [0.29, 0.717) is 0 Å². The van der Waals surface area contributed by atoms with Gasteiger partial charge >= 0.3 is 0 Å². The average molecular weight is 274 g/mol. The van der Waals surface area contributed by atoms with Gasteiger partial charge in [0.25, 0.3) is 0 Å². The molecule has 0 aliphatic heterocycles. The van der Waals surface area contributed by atoms with Crippen LogP contribution in [0.25, 0.3) is 0 Å². The number of halogens is 1. The molecule has 0 spiro atoms. The fraction of sp³-hybridized carbons (Fsp3) is 0.364. The van der Waals surface area contributed by atoms with E-state index in [0.717, 1.165) is 6.07 Å². The van der Waals surface area contributed by atoms with Gasteiger partial charge in [0.15, 0.2) is 0 Å². The van der Waals surface area contributed by atoms with Crippen LogP contribution in [0.3, 0.4) is 0 Å². The smallest absolute Gasteiger partial charge is 0.235 e. The maximum absolute atomic E-state index is 13.3. The highest BCUT2D eigenvalue weighted by Gasteiger charge is 2.16. The molecular weight excluding hydrogens is 259 g/mol. The van der Waals surface area contributed by atoms with Crippen LogP contribution >= 0.6 is 0 Å². The Morgan fingerprint density at radius 2 is 1.94 bits per heavy atom. The van der Waals surface area contributed by atoms with E-state index < -0.39 is 27.0 Å². The number of carbonyl (C=O) groups excluding carboxylic acids is 1. The van der Waals surface area contributed by atoms with E-state index in [1.807, 2.05) is 0 Å². The van der Waals surface area contributed by atoms with Crippen LogP contribution in [-0.4, -0.2) is 19.6 Å². The molecule has 2 N–H and O–H groups in total. The molecule has 5 nitrogen and oxygen atoms in total. The molecule has 0 aliphatic carbocycles. The number of nitrogens with one attached hydrogen (secondary N) is 2. The number of anilines is 2. The molecule has 100 valence electrons. The third-order valence-electron chi connectivity index (χ3n) is 2.16. The van der Waals surface area contributed by atoms with Crippen LogP contribution in [-0.2, 0) is 14.8 Å². The first-order valence-corrected chi connectivity index (χ1v) is 6.86. The van der Waals surface area contributed by atoms with E-state index in [9.17, 15) is 17.6 Å². The Hall–Kier alpha value is -1.63. The van der Waals surface area contributed by atoms with Gasteiger partial charge in [-0.3, -0.25) is 9.52 Å². The zero-order chi connectivity index (χ0) is 13.9. The SMILES string of the molecule is CC(=O)Nc1cc(NS(=O)(=O)C(C)C)ccc1F. The maximum Gasteiger partial charge on any atom is 0.235 e. The van der Waals surface area contributed by atoms with Crippen molar-refractivity contribution in [3.63, 3.8) is 0 Å². The van der Waals surface area contributed by atoms with Crippen molar-refractivity contribution in [1.29, 1.82) is 0 Å². The summed E-state index contributed by atoms with van der Waals surface area (Å²) < 4.78 is 38.9. The lowest BCUT2D eigenvalue weighted by molar-refractivity contribution is -0.114. The number of amides is 1. The van der Waals surface area contributed by atoms with E-state index in [1.54, 1.807) is 0 Å². The molecule has 1 amide bonds. The number of hydrogen-bond acceptors (Lipinski definition) is 3. The van der Waals surface area contributed by atoms with Crippen LogP contribution in [0.2, 0.25) is 0 Å². The molecule has 0 bridgehead atoms. The Morgan fingerprint density at radius 1 is 1.33 bits per heavy atom. The molecule has 1 aromatic rings. The highest BCUT2D eigenvalue weighted by molar-refractivity contribution is 7.93. The van der Waals surface area contributed by atoms with Gasteiger partial charge in [0.1, 0.15) is 5.82 Å². The highest BCUT2D eigenvalue weighted by atomic mass is 32.2. The van der Waals surface area contributed by atoms with Gasteiger partial charge in [-0.25, -0.2) is 12.8 Å². The molecule has 0 aromatic heterocycles. The second kappa shape index (κ2) is 5.34. The minimum atomic E-state index is -3.49. The molecule has 1 aromatic carbocycles. The van der Waals surface area contributed by atoms with Gasteiger partial charge in [0, 0.05) is 6.92 Å². The minimum absolute atomic E-state index is 0.0635. The van der Waals surface area contributed by atoms with E-state index in [4.69, 9.17) is 0 Å². The van der Waals surface area contributed by atoms with Crippen molar-refractivity contribution in [2.45, 2.75) is 26.0 Å². The summed E-state index contributed by atoms with van der Waals surface area (Å²) in [5, 5.41) is 1.67. The number of sulfonamides is 1. The fourth-order valence-corrected chi connectivity index (χ4v) is 1.85. The maximum atomic E-state index is 13.3. The molecule has 0 unspecified atom stereocenters. The van der Waals surface area contributed by atoms with Crippen LogP contribution < -0.4 is 10.0 Å². The van der Waals surface area contributed by atoms with Crippen molar-refractivity contribution < 1.29 is 17.6 Å². The van der Waals surface area contributed by atoms with Gasteiger partial charge in [-0.15, -0.1) is 0 Å². The van der Waals surface area contributed by atoms with Gasteiger partial charge < -0.3 is 5.32 Å². The summed E-state index contributed by atoms with van der Waals surface area (Å²) in [6, 6.07) is 3.61. The molecule has 0 aliphatic rings. The third kappa shape index (κ3) is 3.69. The first kappa shape index (κ1) is 14.4. The molecule has 0 saturated heterocycles. The lowest BCUT2D eigenvalue weighted by atomic mass is 10.2. The van der Waals surface area contributed by atoms with Crippen molar-refractivity contribution in [2.24, 2.45) is 0 Å². The van der Waals surface area contributed by atoms with Gasteiger partial charge in [0.05, 0.1) is 16.6 Å². The number of carbonyl (C=O) groups is 1. The molecule has 0 fully saturated rings. The highest BCUT2D eigenvalue weighted by Crippen LogP contribution is 2.21. The van der Waals surface area contributed by atoms with Crippen molar-refractivity contribution in [1.82, 2.24) is 0 Å². The molecule has 0 heterocycles. The summed E-state index contributed by atoms with van der Waals surface area (Å²) in [7, 11) is -3.49. The van der Waals surface area contributed by atoms with Crippen LogP contribution in [0.1, 0.15) is 20.8 Å². The number of rotatable bonds is 4. The number of hydrogen-bond donors (Lipinski definition) is 2. The Kier molecular flexibility index (Phi) is 4.28. The zero-order valence-corrected chi connectivity index (χ0v) is 11.1. The summed E-state index contributed by atoms with van der Waals surface area (Å²) in [6.45, 7) is 4.30. The zero-order valence-electron chi connectivity index (χ0n) is 10.3. The van der Waals surface area contributed by atoms with Gasteiger partial charge in [-0.1, -0.05) is 0 Å². The quantitative estimate of drug-likeness (QED) is 0.881. The molecule has 0 radical (unpaired) electrons. The lowest BCUT2D eigenvalue weighted by Crippen LogP contribution is -2.22. The second-order valence-electron chi connectivity index (χ2n) is 4.07. The third-order valence-corrected chi connectivity index (χ3v) is 3.92. The van der Waals surface area contributed by atoms with Crippen molar-refractivity contribution in [3.05, 3.63) is 24.0 Å². The van der Waals surface area contributed by atoms with Crippen LogP contribution in [0, 0.1) is 5.82 Å². The Labute approximate surface area is 105 Å². The van der Waals surface area contributed by atoms with Crippen LogP contribution in [0.4, 0.5) is 15.8 Å². The Balaban J connectivity index is 3.02. The predicted molar refractivity (Wildman–Crippen MR) is 68.4 cm³/mol. The van der Waals surface area contributed by atoms with Gasteiger partial charge in [-0.05, 0) is 32.0 Å². The summed E-state index contributed by atoms with van der Waals surface area (Å²) >= 11 is 0. The predicted octanol–water partition coefficient (Wildman–Crippen LogP) is 1.93. The lowest BCUT2D eigenvalue weighted by Gasteiger charge is -2.12. The molecule has 7 heteroatoms. The normalized spacial score (nSPS) is 11.4. The van der Waals surface area contributed by atoms with Crippen molar-refractivity contribution in [2.75, 3.05) is 10.0 Å². The first-order chi connectivity index (χ1) is 8.22. The molecule has 18 heavy (non-hydrogen) atoms. The topological polar surface area (TPSA) is 75.3 Å². The van der Waals surface area contributed by atoms with Gasteiger partial charge in [-0.2, -0.15) is 0 Å². The van der Waals surface area contributed by atoms with E-state index in [2.05, 4.69) is 10.0 Å². The standard InChI is InChI=1S/C11H15FN2O3S/c1-7(2)18(16,17)14-9-4-5-10(12)11(6-9)13-8(3)15/h4-7,14H,1-3H3,(H,13,15). The summed E-state index contributed by atoms with van der Waals surface area (Å²) in [5.41, 5.74) is 0.139. The minimum Gasteiger partial charge on any atom is -0.324 e.